The second kappa shape index (κ2) is 4.11. The van der Waals surface area contributed by atoms with E-state index in [0.717, 1.165) is 12.8 Å². The third-order valence-corrected chi connectivity index (χ3v) is 3.26. The highest BCUT2D eigenvalue weighted by molar-refractivity contribution is 7.07. The molecule has 0 saturated carbocycles. The molecular weight excluding hydrogens is 196 g/mol. The molecule has 3 nitrogen and oxygen atoms in total. The summed E-state index contributed by atoms with van der Waals surface area (Å²) in [7, 11) is 1.64. The monoisotopic (exact) mass is 210 g/mol. The van der Waals surface area contributed by atoms with E-state index in [2.05, 4.69) is 10.4 Å². The molecular formula is C10H14N2OS. The molecule has 1 aliphatic rings. The second-order valence-corrected chi connectivity index (χ2v) is 4.29. The van der Waals surface area contributed by atoms with Gasteiger partial charge in [-0.2, -0.15) is 4.37 Å². The van der Waals surface area contributed by atoms with Crippen LogP contribution in [0.25, 0.3) is 5.57 Å². The van der Waals surface area contributed by atoms with Gasteiger partial charge in [0.1, 0.15) is 0 Å². The summed E-state index contributed by atoms with van der Waals surface area (Å²) in [5.74, 6) is 0.699. The first-order valence-electron chi connectivity index (χ1n) is 4.77. The predicted molar refractivity (Wildman–Crippen MR) is 58.5 cm³/mol. The van der Waals surface area contributed by atoms with Crippen molar-refractivity contribution in [3.8, 4) is 5.88 Å². The van der Waals surface area contributed by atoms with Crippen molar-refractivity contribution in [3.63, 3.8) is 0 Å². The molecule has 14 heavy (non-hydrogen) atoms. The quantitative estimate of drug-likeness (QED) is 0.812. The number of hydrogen-bond acceptors (Lipinski definition) is 4. The van der Waals surface area contributed by atoms with Crippen molar-refractivity contribution in [1.82, 2.24) is 4.37 Å². The maximum atomic E-state index is 5.88. The van der Waals surface area contributed by atoms with Crippen molar-refractivity contribution < 1.29 is 4.74 Å². The molecule has 0 amide bonds. The van der Waals surface area contributed by atoms with E-state index in [9.17, 15) is 0 Å². The van der Waals surface area contributed by atoms with Crippen LogP contribution in [0, 0.1) is 0 Å². The van der Waals surface area contributed by atoms with Gasteiger partial charge in [-0.3, -0.25) is 0 Å². The maximum Gasteiger partial charge on any atom is 0.225 e. The molecule has 0 bridgehead atoms. The first-order chi connectivity index (χ1) is 6.79. The van der Waals surface area contributed by atoms with Gasteiger partial charge in [0, 0.05) is 12.1 Å². The van der Waals surface area contributed by atoms with E-state index in [0.29, 0.717) is 5.88 Å². The zero-order valence-corrected chi connectivity index (χ0v) is 9.01. The Bertz CT molecular complexity index is 346. The fraction of sp³-hybridized carbons (Fsp3) is 0.500. The Labute approximate surface area is 87.7 Å². The smallest absolute Gasteiger partial charge is 0.225 e. The Hall–Kier alpha value is -0.870. The lowest BCUT2D eigenvalue weighted by atomic mass is 9.95. The molecule has 1 heterocycles. The number of methoxy groups -OCH3 is 1. The van der Waals surface area contributed by atoms with Crippen molar-refractivity contribution in [1.29, 1.82) is 0 Å². The molecule has 0 fully saturated rings. The second-order valence-electron chi connectivity index (χ2n) is 3.48. The topological polar surface area (TPSA) is 48.1 Å². The zero-order chi connectivity index (χ0) is 9.97. The minimum Gasteiger partial charge on any atom is -0.480 e. The summed E-state index contributed by atoms with van der Waals surface area (Å²) in [5, 5.41) is 0. The summed E-state index contributed by atoms with van der Waals surface area (Å²) < 4.78 is 9.23. The lowest BCUT2D eigenvalue weighted by Gasteiger charge is -2.15. The molecule has 1 aromatic rings. The number of nitrogens with two attached hydrogens (primary N) is 1. The van der Waals surface area contributed by atoms with E-state index in [1.54, 1.807) is 7.11 Å². The van der Waals surface area contributed by atoms with Crippen molar-refractivity contribution >= 4 is 17.1 Å². The highest BCUT2D eigenvalue weighted by Gasteiger charge is 2.13. The van der Waals surface area contributed by atoms with Crippen LogP contribution >= 0.6 is 11.5 Å². The summed E-state index contributed by atoms with van der Waals surface area (Å²) in [5.41, 5.74) is 7.20. The summed E-state index contributed by atoms with van der Waals surface area (Å²) in [6.45, 7) is 0. The van der Waals surface area contributed by atoms with Gasteiger partial charge >= 0.3 is 0 Å². The van der Waals surface area contributed by atoms with Crippen molar-refractivity contribution in [3.05, 3.63) is 17.0 Å². The summed E-state index contributed by atoms with van der Waals surface area (Å²) >= 11 is 1.48. The van der Waals surface area contributed by atoms with Crippen molar-refractivity contribution in [2.45, 2.75) is 25.3 Å². The first kappa shape index (κ1) is 9.68. The number of allylic oxidation sites excluding steroid dienone is 1. The molecule has 0 saturated heterocycles. The van der Waals surface area contributed by atoms with Gasteiger partial charge < -0.3 is 10.5 Å². The number of aromatic nitrogens is 1. The fourth-order valence-electron chi connectivity index (χ4n) is 1.67. The third kappa shape index (κ3) is 1.96. The Balaban J connectivity index is 2.21. The number of nitrogens with zero attached hydrogens (tertiary/aromatic N) is 1. The normalized spacial score (nSPS) is 21.9. The Morgan fingerprint density at radius 3 is 3.14 bits per heavy atom. The number of ether oxygens (including phenoxy) is 1. The minimum atomic E-state index is 0.215. The Morgan fingerprint density at radius 1 is 1.64 bits per heavy atom. The van der Waals surface area contributed by atoms with Crippen LogP contribution in [0.15, 0.2) is 12.1 Å². The average molecular weight is 210 g/mol. The van der Waals surface area contributed by atoms with Crippen LogP contribution in [0.4, 0.5) is 0 Å². The molecule has 0 aliphatic heterocycles. The molecule has 0 radical (unpaired) electrons. The zero-order valence-electron chi connectivity index (χ0n) is 8.19. The SMILES string of the molecule is COc1cc(C2=CC(N)CCC2)sn1. The van der Waals surface area contributed by atoms with E-state index >= 15 is 0 Å². The van der Waals surface area contributed by atoms with E-state index in [-0.39, 0.29) is 6.04 Å². The van der Waals surface area contributed by atoms with E-state index in [4.69, 9.17) is 10.5 Å². The van der Waals surface area contributed by atoms with Crippen LogP contribution in [0.1, 0.15) is 24.1 Å². The third-order valence-electron chi connectivity index (χ3n) is 2.41. The van der Waals surface area contributed by atoms with E-state index in [1.165, 1.54) is 28.4 Å². The van der Waals surface area contributed by atoms with Gasteiger partial charge in [0.2, 0.25) is 5.88 Å². The van der Waals surface area contributed by atoms with E-state index < -0.39 is 0 Å². The lowest BCUT2D eigenvalue weighted by Crippen LogP contribution is -2.19. The number of hydrogen-bond donors (Lipinski definition) is 1. The van der Waals surface area contributed by atoms with E-state index in [1.807, 2.05) is 6.07 Å². The van der Waals surface area contributed by atoms with Crippen LogP contribution in [0.2, 0.25) is 0 Å². The van der Waals surface area contributed by atoms with Crippen LogP contribution in [-0.2, 0) is 0 Å². The average Bonchev–Trinajstić information content (AvgIpc) is 2.66. The molecule has 1 unspecified atom stereocenters. The lowest BCUT2D eigenvalue weighted by molar-refractivity contribution is 0.402. The Kier molecular flexibility index (Phi) is 2.84. The van der Waals surface area contributed by atoms with Gasteiger partial charge in [0.05, 0.1) is 12.0 Å². The molecule has 2 rings (SSSR count). The van der Waals surface area contributed by atoms with Crippen molar-refractivity contribution in [2.24, 2.45) is 5.73 Å². The van der Waals surface area contributed by atoms with Gasteiger partial charge in [0.25, 0.3) is 0 Å². The largest absolute Gasteiger partial charge is 0.480 e. The molecule has 76 valence electrons. The minimum absolute atomic E-state index is 0.215. The van der Waals surface area contributed by atoms with Gasteiger partial charge in [-0.1, -0.05) is 6.08 Å². The van der Waals surface area contributed by atoms with Gasteiger partial charge in [-0.05, 0) is 36.4 Å². The first-order valence-corrected chi connectivity index (χ1v) is 5.54. The number of rotatable bonds is 2. The maximum absolute atomic E-state index is 5.88. The summed E-state index contributed by atoms with van der Waals surface area (Å²) in [6, 6.07) is 2.20. The Morgan fingerprint density at radius 2 is 2.50 bits per heavy atom. The molecule has 2 N–H and O–H groups in total. The van der Waals surface area contributed by atoms with Crippen molar-refractivity contribution in [2.75, 3.05) is 7.11 Å². The van der Waals surface area contributed by atoms with Gasteiger partial charge in [0.15, 0.2) is 0 Å². The molecule has 1 aliphatic carbocycles. The predicted octanol–water partition coefficient (Wildman–Crippen LogP) is 2.05. The van der Waals surface area contributed by atoms with Gasteiger partial charge in [-0.15, -0.1) is 0 Å². The highest BCUT2D eigenvalue weighted by atomic mass is 32.1. The van der Waals surface area contributed by atoms with Crippen LogP contribution < -0.4 is 10.5 Å². The molecule has 1 aromatic heterocycles. The summed E-state index contributed by atoms with van der Waals surface area (Å²) in [6.07, 6.45) is 5.53. The van der Waals surface area contributed by atoms with Gasteiger partial charge in [-0.25, -0.2) is 0 Å². The van der Waals surface area contributed by atoms with Crippen LogP contribution in [0.3, 0.4) is 0 Å². The van der Waals surface area contributed by atoms with Crippen LogP contribution in [0.5, 0.6) is 5.88 Å². The standard InChI is InChI=1S/C10H14N2OS/c1-13-10-6-9(14-12-10)7-3-2-4-8(11)5-7/h5-6,8H,2-4,11H2,1H3. The molecule has 1 atom stereocenters. The highest BCUT2D eigenvalue weighted by Crippen LogP contribution is 2.30. The molecule has 0 aromatic carbocycles. The molecule has 4 heteroatoms. The fourth-order valence-corrected chi connectivity index (χ4v) is 2.42. The summed E-state index contributed by atoms with van der Waals surface area (Å²) in [4.78, 5) is 1.19. The van der Waals surface area contributed by atoms with Crippen LogP contribution in [-0.4, -0.2) is 17.5 Å². The molecule has 0 spiro atoms.